The summed E-state index contributed by atoms with van der Waals surface area (Å²) in [5.74, 6) is -0.493. The van der Waals surface area contributed by atoms with Gasteiger partial charge in [0.25, 0.3) is 17.3 Å². The maximum atomic E-state index is 11.8. The molecule has 1 amide bonds. The van der Waals surface area contributed by atoms with Gasteiger partial charge in [0.2, 0.25) is 0 Å². The summed E-state index contributed by atoms with van der Waals surface area (Å²) in [7, 11) is 0. The average Bonchev–Trinajstić information content (AvgIpc) is 2.72. The predicted octanol–water partition coefficient (Wildman–Crippen LogP) is 1.80. The van der Waals surface area contributed by atoms with Crippen molar-refractivity contribution in [3.05, 3.63) is 44.0 Å². The first-order valence-electron chi connectivity index (χ1n) is 5.41. The molecule has 1 aliphatic heterocycles. The fraction of sp³-hybridized carbons (Fsp3) is 0. The van der Waals surface area contributed by atoms with Crippen molar-refractivity contribution < 1.29 is 14.6 Å². The van der Waals surface area contributed by atoms with Crippen molar-refractivity contribution in [1.82, 2.24) is 0 Å². The lowest BCUT2D eigenvalue weighted by Gasteiger charge is -2.05. The number of hydrogen-bond acceptors (Lipinski definition) is 6. The predicted molar refractivity (Wildman–Crippen MR) is 69.6 cm³/mol. The van der Waals surface area contributed by atoms with Crippen LogP contribution in [0.15, 0.2) is 18.2 Å². The molecule has 0 saturated carbocycles. The number of amides is 1. The monoisotopic (exact) mass is 274 g/mol. The van der Waals surface area contributed by atoms with Gasteiger partial charge in [0, 0.05) is 17.5 Å². The molecule has 3 rings (SSSR count). The zero-order valence-electron chi connectivity index (χ0n) is 9.75. The number of carbonyl (C=O) groups is 1. The molecule has 0 atom stereocenters. The third-order valence-corrected chi connectivity index (χ3v) is 3.15. The second-order valence-corrected chi connectivity index (χ2v) is 4.21. The van der Waals surface area contributed by atoms with Gasteiger partial charge in [-0.3, -0.25) is 25.0 Å². The Bertz CT molecular complexity index is 829. The van der Waals surface area contributed by atoms with Crippen LogP contribution in [-0.4, -0.2) is 15.8 Å². The van der Waals surface area contributed by atoms with E-state index in [0.29, 0.717) is 0 Å². The van der Waals surface area contributed by atoms with Crippen molar-refractivity contribution in [1.29, 1.82) is 0 Å². The lowest BCUT2D eigenvalue weighted by Crippen LogP contribution is -2.05. The first-order chi connectivity index (χ1) is 9.41. The van der Waals surface area contributed by atoms with Gasteiger partial charge in [0.15, 0.2) is 0 Å². The Balaban J connectivity index is 2.60. The van der Waals surface area contributed by atoms with Crippen LogP contribution in [0.2, 0.25) is 0 Å². The molecule has 1 aliphatic rings. The summed E-state index contributed by atoms with van der Waals surface area (Å²) in [6.07, 6.45) is 0. The summed E-state index contributed by atoms with van der Waals surface area (Å²) < 4.78 is 0. The molecular formula is C11H6N4O5. The Kier molecular flexibility index (Phi) is 2.15. The molecule has 0 fully saturated rings. The van der Waals surface area contributed by atoms with Gasteiger partial charge in [0.1, 0.15) is 5.39 Å². The zero-order valence-corrected chi connectivity index (χ0v) is 9.75. The molecule has 1 heterocycles. The molecule has 2 aromatic carbocycles. The fourth-order valence-electron chi connectivity index (χ4n) is 2.35. The molecule has 3 N–H and O–H groups in total. The van der Waals surface area contributed by atoms with E-state index in [4.69, 9.17) is 5.73 Å². The van der Waals surface area contributed by atoms with E-state index in [9.17, 15) is 25.0 Å². The smallest absolute Gasteiger partial charge is 0.286 e. The van der Waals surface area contributed by atoms with Crippen LogP contribution in [0.25, 0.3) is 10.8 Å². The number of hydrogen-bond donors (Lipinski definition) is 2. The van der Waals surface area contributed by atoms with Crippen molar-refractivity contribution in [2.24, 2.45) is 0 Å². The van der Waals surface area contributed by atoms with Crippen molar-refractivity contribution in [3.8, 4) is 0 Å². The minimum absolute atomic E-state index is 0.00296. The van der Waals surface area contributed by atoms with Crippen LogP contribution in [0.1, 0.15) is 10.4 Å². The summed E-state index contributed by atoms with van der Waals surface area (Å²) >= 11 is 0. The van der Waals surface area contributed by atoms with E-state index in [2.05, 4.69) is 5.32 Å². The highest BCUT2D eigenvalue weighted by Gasteiger charge is 2.33. The number of nitrogen functional groups attached to an aromatic ring is 1. The van der Waals surface area contributed by atoms with Crippen LogP contribution in [0, 0.1) is 20.2 Å². The largest absolute Gasteiger partial charge is 0.397 e. The van der Waals surface area contributed by atoms with Crippen molar-refractivity contribution in [3.63, 3.8) is 0 Å². The summed E-state index contributed by atoms with van der Waals surface area (Å²) in [6, 6.07) is 3.35. The molecule has 0 radical (unpaired) electrons. The Labute approximate surface area is 110 Å². The number of carbonyl (C=O) groups excluding carboxylic acids is 1. The topological polar surface area (TPSA) is 141 Å². The van der Waals surface area contributed by atoms with Gasteiger partial charge in [0.05, 0.1) is 26.8 Å². The van der Waals surface area contributed by atoms with Gasteiger partial charge in [-0.1, -0.05) is 0 Å². The summed E-state index contributed by atoms with van der Waals surface area (Å²) in [4.78, 5) is 32.4. The molecule has 0 aromatic heterocycles. The fourth-order valence-corrected chi connectivity index (χ4v) is 2.35. The van der Waals surface area contributed by atoms with Crippen LogP contribution in [0.4, 0.5) is 22.7 Å². The molecule has 2 aromatic rings. The number of nitrogens with one attached hydrogen (secondary N) is 1. The number of anilines is 2. The van der Waals surface area contributed by atoms with E-state index in [1.807, 2.05) is 0 Å². The maximum Gasteiger partial charge on any atom is 0.286 e. The quantitative estimate of drug-likeness (QED) is 0.485. The highest BCUT2D eigenvalue weighted by molar-refractivity contribution is 6.28. The molecule has 9 nitrogen and oxygen atoms in total. The second kappa shape index (κ2) is 3.63. The first kappa shape index (κ1) is 11.8. The van der Waals surface area contributed by atoms with Gasteiger partial charge >= 0.3 is 0 Å². The molecule has 0 unspecified atom stereocenters. The van der Waals surface area contributed by atoms with Crippen LogP contribution < -0.4 is 11.1 Å². The molecular weight excluding hydrogens is 268 g/mol. The van der Waals surface area contributed by atoms with Gasteiger partial charge in [-0.25, -0.2) is 0 Å². The van der Waals surface area contributed by atoms with Crippen LogP contribution >= 0.6 is 0 Å². The SMILES string of the molecule is Nc1cc([N+](=O)[O-])c2c([N+](=O)[O-])ccc3c2c1NC3=O. The molecule has 0 saturated heterocycles. The summed E-state index contributed by atoms with van der Waals surface area (Å²) in [5.41, 5.74) is 5.04. The van der Waals surface area contributed by atoms with Gasteiger partial charge in [-0.05, 0) is 6.07 Å². The third kappa shape index (κ3) is 1.34. The lowest BCUT2D eigenvalue weighted by molar-refractivity contribution is -0.390. The number of benzene rings is 2. The zero-order chi connectivity index (χ0) is 14.6. The van der Waals surface area contributed by atoms with E-state index in [1.54, 1.807) is 0 Å². The van der Waals surface area contributed by atoms with E-state index < -0.39 is 27.1 Å². The van der Waals surface area contributed by atoms with Gasteiger partial charge < -0.3 is 11.1 Å². The Morgan fingerprint density at radius 3 is 2.30 bits per heavy atom. The molecule has 9 heteroatoms. The van der Waals surface area contributed by atoms with E-state index in [-0.39, 0.29) is 27.7 Å². The number of nitro groups is 2. The maximum absolute atomic E-state index is 11.8. The van der Waals surface area contributed by atoms with Crippen LogP contribution in [0.3, 0.4) is 0 Å². The average molecular weight is 274 g/mol. The minimum atomic E-state index is -0.755. The van der Waals surface area contributed by atoms with Gasteiger partial charge in [-0.15, -0.1) is 0 Å². The molecule has 0 bridgehead atoms. The standard InChI is InChI=1S/C11H6N4O5/c12-5-3-7(15(19)20)9-6(14(17)18)2-1-4-8(9)10(5)13-11(4)16/h1-3H,12H2,(H,13,16). The highest BCUT2D eigenvalue weighted by atomic mass is 16.6. The summed E-state index contributed by atoms with van der Waals surface area (Å²) in [6.45, 7) is 0. The molecule has 100 valence electrons. The number of non-ortho nitro benzene ring substituents is 2. The van der Waals surface area contributed by atoms with Crippen molar-refractivity contribution in [2.75, 3.05) is 11.1 Å². The van der Waals surface area contributed by atoms with Crippen molar-refractivity contribution in [2.45, 2.75) is 0 Å². The third-order valence-electron chi connectivity index (χ3n) is 3.15. The van der Waals surface area contributed by atoms with Gasteiger partial charge in [-0.2, -0.15) is 0 Å². The molecule has 0 spiro atoms. The Morgan fingerprint density at radius 2 is 1.70 bits per heavy atom. The normalized spacial score (nSPS) is 12.5. The minimum Gasteiger partial charge on any atom is -0.397 e. The lowest BCUT2D eigenvalue weighted by atomic mass is 10.0. The number of nitrogens with two attached hydrogens (primary N) is 1. The van der Waals surface area contributed by atoms with Crippen molar-refractivity contribution >= 4 is 39.4 Å². The van der Waals surface area contributed by atoms with E-state index >= 15 is 0 Å². The molecule has 0 aliphatic carbocycles. The highest BCUT2D eigenvalue weighted by Crippen LogP contribution is 2.45. The number of nitro benzene ring substituents is 2. The summed E-state index contributed by atoms with van der Waals surface area (Å²) in [5, 5.41) is 24.5. The first-order valence-corrected chi connectivity index (χ1v) is 5.41. The van der Waals surface area contributed by atoms with E-state index in [0.717, 1.165) is 12.1 Å². The number of rotatable bonds is 2. The second-order valence-electron chi connectivity index (χ2n) is 4.21. The number of nitrogens with zero attached hydrogens (tertiary/aromatic N) is 2. The Hall–Kier alpha value is -3.23. The van der Waals surface area contributed by atoms with Crippen LogP contribution in [-0.2, 0) is 0 Å². The van der Waals surface area contributed by atoms with E-state index in [1.165, 1.54) is 6.07 Å². The molecule has 20 heavy (non-hydrogen) atoms. The Morgan fingerprint density at radius 1 is 1.05 bits per heavy atom. The van der Waals surface area contributed by atoms with Crippen LogP contribution in [0.5, 0.6) is 0 Å².